The van der Waals surface area contributed by atoms with E-state index in [0.717, 1.165) is 19.4 Å². The zero-order valence-corrected chi connectivity index (χ0v) is 12.0. The summed E-state index contributed by atoms with van der Waals surface area (Å²) in [5.74, 6) is 0.198. The van der Waals surface area contributed by atoms with Crippen LogP contribution in [-0.4, -0.2) is 60.8 Å². The molecule has 0 aromatic heterocycles. The zero-order valence-electron chi connectivity index (χ0n) is 11.3. The van der Waals surface area contributed by atoms with Gasteiger partial charge in [0.15, 0.2) is 0 Å². The van der Waals surface area contributed by atoms with Crippen LogP contribution < -0.4 is 5.32 Å². The Morgan fingerprint density at radius 2 is 1.94 bits per heavy atom. The predicted octanol–water partition coefficient (Wildman–Crippen LogP) is 1.12. The third-order valence-electron chi connectivity index (χ3n) is 3.12. The first-order chi connectivity index (χ1) is 8.40. The Kier molecular flexibility index (Phi) is 5.88. The van der Waals surface area contributed by atoms with Crippen molar-refractivity contribution in [3.8, 4) is 0 Å². The minimum Gasteiger partial charge on any atom is -0.324 e. The molecule has 0 aromatic carbocycles. The number of carbonyl (C=O) groups is 2. The smallest absolute Gasteiger partial charge is 0.324 e. The molecule has 1 atom stereocenters. The molecule has 0 aliphatic carbocycles. The molecule has 1 aliphatic heterocycles. The van der Waals surface area contributed by atoms with Gasteiger partial charge in [0.2, 0.25) is 5.91 Å². The van der Waals surface area contributed by atoms with Gasteiger partial charge in [0.05, 0.1) is 0 Å². The molecule has 0 radical (unpaired) electrons. The fourth-order valence-electron chi connectivity index (χ4n) is 2.12. The van der Waals surface area contributed by atoms with Crippen LogP contribution in [0, 0.1) is 5.92 Å². The van der Waals surface area contributed by atoms with Gasteiger partial charge in [-0.25, -0.2) is 4.79 Å². The molecular formula is C12H22ClN3O2. The van der Waals surface area contributed by atoms with Crippen LogP contribution in [0.5, 0.6) is 0 Å². The predicted molar refractivity (Wildman–Crippen MR) is 71.7 cm³/mol. The molecule has 1 fully saturated rings. The van der Waals surface area contributed by atoms with E-state index in [1.165, 1.54) is 0 Å². The number of nitrogens with zero attached hydrogens (tertiary/aromatic N) is 2. The number of halogens is 1. The van der Waals surface area contributed by atoms with E-state index in [1.54, 1.807) is 11.8 Å². The summed E-state index contributed by atoms with van der Waals surface area (Å²) < 4.78 is 0. The molecule has 5 nitrogen and oxygen atoms in total. The molecule has 1 aliphatic rings. The minimum absolute atomic E-state index is 0.323. The van der Waals surface area contributed by atoms with Crippen LogP contribution >= 0.6 is 11.6 Å². The van der Waals surface area contributed by atoms with Gasteiger partial charge in [-0.05, 0) is 39.8 Å². The summed E-state index contributed by atoms with van der Waals surface area (Å²) in [5.41, 5.74) is 0. The molecule has 18 heavy (non-hydrogen) atoms. The van der Waals surface area contributed by atoms with Crippen LogP contribution in [0.1, 0.15) is 19.8 Å². The van der Waals surface area contributed by atoms with Gasteiger partial charge < -0.3 is 9.80 Å². The van der Waals surface area contributed by atoms with E-state index >= 15 is 0 Å². The number of nitrogens with one attached hydrogen (secondary N) is 1. The summed E-state index contributed by atoms with van der Waals surface area (Å²) in [5, 5.41) is 1.63. The summed E-state index contributed by atoms with van der Waals surface area (Å²) in [7, 11) is 4.11. The van der Waals surface area contributed by atoms with Crippen molar-refractivity contribution in [3.05, 3.63) is 0 Å². The maximum absolute atomic E-state index is 11.8. The third kappa shape index (κ3) is 4.82. The van der Waals surface area contributed by atoms with Crippen LogP contribution in [-0.2, 0) is 4.79 Å². The standard InChI is InChI=1S/C12H22ClN3O2/c1-9(13)11(17)14-12(18)16-6-4-10(5-7-16)8-15(2)3/h9-10H,4-8H2,1-3H3,(H,14,17,18). The van der Waals surface area contributed by atoms with Gasteiger partial charge in [-0.3, -0.25) is 10.1 Å². The van der Waals surface area contributed by atoms with E-state index in [1.807, 2.05) is 0 Å². The molecular weight excluding hydrogens is 254 g/mol. The van der Waals surface area contributed by atoms with Crippen molar-refractivity contribution in [1.82, 2.24) is 15.1 Å². The molecule has 1 unspecified atom stereocenters. The largest absolute Gasteiger partial charge is 0.324 e. The van der Waals surface area contributed by atoms with Gasteiger partial charge in [0, 0.05) is 19.6 Å². The number of carbonyl (C=O) groups excluding carboxylic acids is 2. The Morgan fingerprint density at radius 3 is 2.39 bits per heavy atom. The number of piperidine rings is 1. The first-order valence-electron chi connectivity index (χ1n) is 6.28. The zero-order chi connectivity index (χ0) is 13.7. The van der Waals surface area contributed by atoms with Gasteiger partial charge in [-0.15, -0.1) is 11.6 Å². The van der Waals surface area contributed by atoms with Crippen LogP contribution in [0.25, 0.3) is 0 Å². The average Bonchev–Trinajstić information content (AvgIpc) is 2.28. The number of amides is 3. The van der Waals surface area contributed by atoms with Crippen molar-refractivity contribution in [2.75, 3.05) is 33.7 Å². The lowest BCUT2D eigenvalue weighted by molar-refractivity contribution is -0.119. The Balaban J connectivity index is 2.34. The monoisotopic (exact) mass is 275 g/mol. The molecule has 0 spiro atoms. The van der Waals surface area contributed by atoms with E-state index in [0.29, 0.717) is 19.0 Å². The molecule has 1 rings (SSSR count). The van der Waals surface area contributed by atoms with Crippen LogP contribution in [0.15, 0.2) is 0 Å². The summed E-state index contributed by atoms with van der Waals surface area (Å²) >= 11 is 5.60. The van der Waals surface area contributed by atoms with Crippen molar-refractivity contribution in [3.63, 3.8) is 0 Å². The summed E-state index contributed by atoms with van der Waals surface area (Å²) in [6.45, 7) is 4.00. The lowest BCUT2D eigenvalue weighted by atomic mass is 9.97. The summed E-state index contributed by atoms with van der Waals surface area (Å²) in [6.07, 6.45) is 1.96. The van der Waals surface area contributed by atoms with E-state index in [-0.39, 0.29) is 6.03 Å². The van der Waals surface area contributed by atoms with Crippen molar-refractivity contribution in [2.45, 2.75) is 25.1 Å². The lowest BCUT2D eigenvalue weighted by Crippen LogP contribution is -2.48. The Labute approximate surface area is 113 Å². The second kappa shape index (κ2) is 6.95. The van der Waals surface area contributed by atoms with Crippen LogP contribution in [0.3, 0.4) is 0 Å². The molecule has 1 saturated heterocycles. The highest BCUT2D eigenvalue weighted by molar-refractivity contribution is 6.31. The molecule has 0 saturated carbocycles. The molecule has 0 aromatic rings. The topological polar surface area (TPSA) is 52.7 Å². The molecule has 6 heteroatoms. The number of rotatable bonds is 3. The van der Waals surface area contributed by atoms with Crippen LogP contribution in [0.2, 0.25) is 0 Å². The maximum Gasteiger partial charge on any atom is 0.324 e. The van der Waals surface area contributed by atoms with Crippen LogP contribution in [0.4, 0.5) is 4.79 Å². The fourth-order valence-corrected chi connectivity index (χ4v) is 2.17. The van der Waals surface area contributed by atoms with E-state index in [9.17, 15) is 9.59 Å². The SMILES string of the molecule is CC(Cl)C(=O)NC(=O)N1CCC(CN(C)C)CC1. The summed E-state index contributed by atoms with van der Waals surface area (Å²) in [6, 6.07) is -0.323. The molecule has 1 heterocycles. The number of alkyl halides is 1. The Hall–Kier alpha value is -0.810. The van der Waals surface area contributed by atoms with Crippen molar-refractivity contribution in [2.24, 2.45) is 5.92 Å². The first-order valence-corrected chi connectivity index (χ1v) is 6.72. The van der Waals surface area contributed by atoms with Crippen molar-refractivity contribution >= 4 is 23.5 Å². The average molecular weight is 276 g/mol. The second-order valence-corrected chi connectivity index (χ2v) is 5.76. The van der Waals surface area contributed by atoms with E-state index in [2.05, 4.69) is 24.3 Å². The van der Waals surface area contributed by atoms with E-state index < -0.39 is 11.3 Å². The number of likely N-dealkylation sites (tertiary alicyclic amines) is 1. The second-order valence-electron chi connectivity index (χ2n) is 5.10. The van der Waals surface area contributed by atoms with Crippen molar-refractivity contribution < 1.29 is 9.59 Å². The molecule has 1 N–H and O–H groups in total. The van der Waals surface area contributed by atoms with E-state index in [4.69, 9.17) is 11.6 Å². The van der Waals surface area contributed by atoms with Gasteiger partial charge in [-0.2, -0.15) is 0 Å². The number of imide groups is 1. The fraction of sp³-hybridized carbons (Fsp3) is 0.833. The highest BCUT2D eigenvalue weighted by Crippen LogP contribution is 2.17. The van der Waals surface area contributed by atoms with Crippen molar-refractivity contribution in [1.29, 1.82) is 0 Å². The number of hydrogen-bond acceptors (Lipinski definition) is 3. The van der Waals surface area contributed by atoms with Gasteiger partial charge >= 0.3 is 6.03 Å². The van der Waals surface area contributed by atoms with Gasteiger partial charge in [0.25, 0.3) is 0 Å². The molecule has 104 valence electrons. The highest BCUT2D eigenvalue weighted by Gasteiger charge is 2.24. The van der Waals surface area contributed by atoms with Gasteiger partial charge in [-0.1, -0.05) is 0 Å². The maximum atomic E-state index is 11.8. The quantitative estimate of drug-likeness (QED) is 0.786. The number of urea groups is 1. The van der Waals surface area contributed by atoms with Gasteiger partial charge in [0.1, 0.15) is 5.38 Å². The third-order valence-corrected chi connectivity index (χ3v) is 3.31. The molecule has 0 bridgehead atoms. The Bertz CT molecular complexity index is 300. The summed E-state index contributed by atoms with van der Waals surface area (Å²) in [4.78, 5) is 26.9. The lowest BCUT2D eigenvalue weighted by Gasteiger charge is -2.33. The highest BCUT2D eigenvalue weighted by atomic mass is 35.5. The molecule has 3 amide bonds. The number of hydrogen-bond donors (Lipinski definition) is 1. The minimum atomic E-state index is -0.680. The first kappa shape index (κ1) is 15.2. The normalized spacial score (nSPS) is 18.8. The Morgan fingerprint density at radius 1 is 1.39 bits per heavy atom.